The molecule has 1 aliphatic heterocycles. The van der Waals surface area contributed by atoms with Crippen molar-refractivity contribution in [3.05, 3.63) is 29.8 Å². The van der Waals surface area contributed by atoms with Gasteiger partial charge in [-0.3, -0.25) is 9.59 Å². The number of piperidine rings is 1. The molecule has 1 atom stereocenters. The standard InChI is InChI=1S/C18H26N2O5S/c1-3-19(12-10-17(21)22)18(23)15-6-8-16(9-7-15)26(24,25)20-11-4-5-14(2)13-20/h6-9,14H,3-5,10-13H2,1-2H3,(H,21,22). The summed E-state index contributed by atoms with van der Waals surface area (Å²) in [5.41, 5.74) is 0.350. The van der Waals surface area contributed by atoms with Crippen LogP contribution < -0.4 is 0 Å². The first-order valence-corrected chi connectivity index (χ1v) is 10.3. The Bertz CT molecular complexity index is 745. The van der Waals surface area contributed by atoms with E-state index in [4.69, 9.17) is 5.11 Å². The zero-order valence-electron chi connectivity index (χ0n) is 15.2. The Hall–Kier alpha value is -1.93. The highest BCUT2D eigenvalue weighted by atomic mass is 32.2. The topological polar surface area (TPSA) is 95.0 Å². The zero-order valence-corrected chi connectivity index (χ0v) is 16.0. The van der Waals surface area contributed by atoms with E-state index in [1.54, 1.807) is 6.92 Å². The number of hydrogen-bond acceptors (Lipinski definition) is 4. The molecule has 1 aliphatic rings. The molecule has 1 amide bonds. The molecule has 0 saturated carbocycles. The van der Waals surface area contributed by atoms with Gasteiger partial charge in [-0.05, 0) is 49.9 Å². The number of aliphatic carboxylic acids is 1. The molecule has 0 aromatic heterocycles. The number of carbonyl (C=O) groups is 2. The van der Waals surface area contributed by atoms with E-state index < -0.39 is 16.0 Å². The Morgan fingerprint density at radius 2 is 1.92 bits per heavy atom. The van der Waals surface area contributed by atoms with Crippen LogP contribution in [-0.4, -0.2) is 60.8 Å². The summed E-state index contributed by atoms with van der Waals surface area (Å²) in [7, 11) is -3.55. The molecule has 1 unspecified atom stereocenters. The minimum atomic E-state index is -3.55. The minimum Gasteiger partial charge on any atom is -0.481 e. The van der Waals surface area contributed by atoms with Crippen LogP contribution >= 0.6 is 0 Å². The maximum absolute atomic E-state index is 12.7. The van der Waals surface area contributed by atoms with E-state index in [-0.39, 0.29) is 23.8 Å². The van der Waals surface area contributed by atoms with Crippen LogP contribution in [0, 0.1) is 5.92 Å². The van der Waals surface area contributed by atoms with Crippen molar-refractivity contribution < 1.29 is 23.1 Å². The van der Waals surface area contributed by atoms with E-state index in [2.05, 4.69) is 0 Å². The fourth-order valence-corrected chi connectivity index (χ4v) is 4.70. The molecule has 0 radical (unpaired) electrons. The normalized spacial score (nSPS) is 18.5. The fraction of sp³-hybridized carbons (Fsp3) is 0.556. The summed E-state index contributed by atoms with van der Waals surface area (Å²) in [6.45, 7) is 5.36. The molecule has 1 fully saturated rings. The molecule has 7 nitrogen and oxygen atoms in total. The Kier molecular flexibility index (Phi) is 6.77. The van der Waals surface area contributed by atoms with E-state index in [0.717, 1.165) is 12.8 Å². The molecular formula is C18H26N2O5S. The number of sulfonamides is 1. The molecule has 1 aromatic carbocycles. The fourth-order valence-electron chi connectivity index (χ4n) is 3.10. The first kappa shape index (κ1) is 20.4. The van der Waals surface area contributed by atoms with Gasteiger partial charge in [0.2, 0.25) is 10.0 Å². The minimum absolute atomic E-state index is 0.121. The van der Waals surface area contributed by atoms with Crippen molar-refractivity contribution >= 4 is 21.9 Å². The van der Waals surface area contributed by atoms with Crippen LogP contribution in [0.5, 0.6) is 0 Å². The second-order valence-electron chi connectivity index (χ2n) is 6.66. The van der Waals surface area contributed by atoms with Gasteiger partial charge in [0, 0.05) is 31.7 Å². The van der Waals surface area contributed by atoms with E-state index >= 15 is 0 Å². The molecule has 26 heavy (non-hydrogen) atoms. The summed E-state index contributed by atoms with van der Waals surface area (Å²) in [5, 5.41) is 8.77. The molecule has 0 bridgehead atoms. The van der Waals surface area contributed by atoms with E-state index in [0.29, 0.717) is 31.1 Å². The highest BCUT2D eigenvalue weighted by Gasteiger charge is 2.28. The van der Waals surface area contributed by atoms with Gasteiger partial charge in [-0.25, -0.2) is 8.42 Å². The SMILES string of the molecule is CCN(CCC(=O)O)C(=O)c1ccc(S(=O)(=O)N2CCCC(C)C2)cc1. The van der Waals surface area contributed by atoms with E-state index in [9.17, 15) is 18.0 Å². The molecule has 144 valence electrons. The predicted molar refractivity (Wildman–Crippen MR) is 97.4 cm³/mol. The van der Waals surface area contributed by atoms with Crippen molar-refractivity contribution in [3.8, 4) is 0 Å². The van der Waals surface area contributed by atoms with Gasteiger partial charge < -0.3 is 10.0 Å². The lowest BCUT2D eigenvalue weighted by molar-refractivity contribution is -0.137. The summed E-state index contributed by atoms with van der Waals surface area (Å²) < 4.78 is 27.0. The third-order valence-electron chi connectivity index (χ3n) is 4.62. The van der Waals surface area contributed by atoms with E-state index in [1.165, 1.54) is 33.5 Å². The quantitative estimate of drug-likeness (QED) is 0.779. The van der Waals surface area contributed by atoms with Gasteiger partial charge in [-0.1, -0.05) is 6.92 Å². The van der Waals surface area contributed by atoms with Crippen LogP contribution in [0.15, 0.2) is 29.2 Å². The van der Waals surface area contributed by atoms with Crippen LogP contribution in [0.2, 0.25) is 0 Å². The molecule has 1 heterocycles. The lowest BCUT2D eigenvalue weighted by Gasteiger charge is -2.30. The number of carbonyl (C=O) groups excluding carboxylic acids is 1. The summed E-state index contributed by atoms with van der Waals surface area (Å²) >= 11 is 0. The van der Waals surface area contributed by atoms with Crippen molar-refractivity contribution in [2.24, 2.45) is 5.92 Å². The van der Waals surface area contributed by atoms with E-state index in [1.807, 2.05) is 6.92 Å². The second-order valence-corrected chi connectivity index (χ2v) is 8.60. The molecule has 1 aromatic rings. The van der Waals surface area contributed by atoms with Crippen molar-refractivity contribution in [2.45, 2.75) is 38.0 Å². The number of amides is 1. The summed E-state index contributed by atoms with van der Waals surface area (Å²) in [4.78, 5) is 24.8. The highest BCUT2D eigenvalue weighted by Crippen LogP contribution is 2.23. The average molecular weight is 382 g/mol. The Balaban J connectivity index is 2.13. The van der Waals surface area contributed by atoms with Gasteiger partial charge in [0.25, 0.3) is 5.91 Å². The first-order valence-electron chi connectivity index (χ1n) is 8.87. The molecule has 1 saturated heterocycles. The van der Waals surface area contributed by atoms with Crippen molar-refractivity contribution in [3.63, 3.8) is 0 Å². The molecule has 1 N–H and O–H groups in total. The molecule has 8 heteroatoms. The van der Waals surface area contributed by atoms with Gasteiger partial charge in [0.05, 0.1) is 11.3 Å². The number of carboxylic acid groups (broad SMARTS) is 1. The van der Waals surface area contributed by atoms with Gasteiger partial charge >= 0.3 is 5.97 Å². The Labute approximate surface area is 154 Å². The molecule has 0 spiro atoms. The predicted octanol–water partition coefficient (Wildman–Crippen LogP) is 2.04. The summed E-state index contributed by atoms with van der Waals surface area (Å²) in [6.07, 6.45) is 1.76. The van der Waals surface area contributed by atoms with Crippen LogP contribution in [0.25, 0.3) is 0 Å². The largest absolute Gasteiger partial charge is 0.481 e. The number of carboxylic acids is 1. The third-order valence-corrected chi connectivity index (χ3v) is 6.50. The Morgan fingerprint density at radius 1 is 1.27 bits per heavy atom. The monoisotopic (exact) mass is 382 g/mol. The number of rotatable bonds is 7. The lowest BCUT2D eigenvalue weighted by atomic mass is 10.0. The highest BCUT2D eigenvalue weighted by molar-refractivity contribution is 7.89. The maximum atomic E-state index is 12.7. The van der Waals surface area contributed by atoms with Gasteiger partial charge in [0.1, 0.15) is 0 Å². The summed E-state index contributed by atoms with van der Waals surface area (Å²) in [6, 6.07) is 5.89. The second kappa shape index (κ2) is 8.64. The Morgan fingerprint density at radius 3 is 2.46 bits per heavy atom. The maximum Gasteiger partial charge on any atom is 0.305 e. The van der Waals surface area contributed by atoms with Crippen molar-refractivity contribution in [2.75, 3.05) is 26.2 Å². The van der Waals surface area contributed by atoms with Crippen LogP contribution in [0.4, 0.5) is 0 Å². The van der Waals surface area contributed by atoms with Crippen LogP contribution in [0.1, 0.15) is 43.5 Å². The number of nitrogens with zero attached hydrogens (tertiary/aromatic N) is 2. The van der Waals surface area contributed by atoms with Crippen LogP contribution in [-0.2, 0) is 14.8 Å². The molecule has 2 rings (SSSR count). The molecule has 0 aliphatic carbocycles. The van der Waals surface area contributed by atoms with Crippen LogP contribution in [0.3, 0.4) is 0 Å². The third kappa shape index (κ3) is 4.82. The van der Waals surface area contributed by atoms with Crippen molar-refractivity contribution in [1.29, 1.82) is 0 Å². The lowest BCUT2D eigenvalue weighted by Crippen LogP contribution is -2.39. The zero-order chi connectivity index (χ0) is 19.3. The van der Waals surface area contributed by atoms with Gasteiger partial charge in [0.15, 0.2) is 0 Å². The number of hydrogen-bond donors (Lipinski definition) is 1. The molecular weight excluding hydrogens is 356 g/mol. The van der Waals surface area contributed by atoms with Gasteiger partial charge in [-0.2, -0.15) is 4.31 Å². The first-order chi connectivity index (χ1) is 12.3. The smallest absolute Gasteiger partial charge is 0.305 e. The van der Waals surface area contributed by atoms with Gasteiger partial charge in [-0.15, -0.1) is 0 Å². The average Bonchev–Trinajstić information content (AvgIpc) is 2.62. The number of benzene rings is 1. The summed E-state index contributed by atoms with van der Waals surface area (Å²) in [5.74, 6) is -0.926. The van der Waals surface area contributed by atoms with Crippen molar-refractivity contribution in [1.82, 2.24) is 9.21 Å².